The zero-order valence-electron chi connectivity index (χ0n) is 12.7. The average Bonchev–Trinajstić information content (AvgIpc) is 3.26. The molecule has 1 saturated carbocycles. The van der Waals surface area contributed by atoms with Crippen molar-refractivity contribution in [1.29, 1.82) is 0 Å². The van der Waals surface area contributed by atoms with Crippen molar-refractivity contribution >= 4 is 5.91 Å². The zero-order chi connectivity index (χ0) is 15.0. The van der Waals surface area contributed by atoms with E-state index in [-0.39, 0.29) is 17.7 Å². The van der Waals surface area contributed by atoms with Gasteiger partial charge in [0, 0.05) is 31.1 Å². The fourth-order valence-corrected chi connectivity index (χ4v) is 3.07. The molecule has 1 amide bonds. The van der Waals surface area contributed by atoms with Crippen LogP contribution in [0.15, 0.2) is 12.3 Å². The van der Waals surface area contributed by atoms with Gasteiger partial charge in [0.25, 0.3) is 5.91 Å². The van der Waals surface area contributed by atoms with Crippen LogP contribution in [-0.2, 0) is 0 Å². The summed E-state index contributed by atoms with van der Waals surface area (Å²) in [4.78, 5) is 23.1. The van der Waals surface area contributed by atoms with Crippen molar-refractivity contribution in [2.45, 2.75) is 51.0 Å². The summed E-state index contributed by atoms with van der Waals surface area (Å²) in [6.45, 7) is 5.44. The monoisotopic (exact) mass is 289 g/mol. The fraction of sp³-hybridized carbons (Fsp3) is 0.688. The number of piperidine rings is 1. The van der Waals surface area contributed by atoms with Crippen molar-refractivity contribution in [2.24, 2.45) is 5.92 Å². The summed E-state index contributed by atoms with van der Waals surface area (Å²) in [6.07, 6.45) is 5.39. The second-order valence-electron chi connectivity index (χ2n) is 6.65. The first-order chi connectivity index (χ1) is 9.99. The van der Waals surface area contributed by atoms with E-state index in [9.17, 15) is 9.90 Å². The molecule has 1 aliphatic carbocycles. The van der Waals surface area contributed by atoms with E-state index in [1.54, 1.807) is 12.3 Å². The molecule has 1 aromatic rings. The molecule has 1 atom stereocenters. The van der Waals surface area contributed by atoms with Gasteiger partial charge in [-0.3, -0.25) is 4.79 Å². The normalized spacial score (nSPS) is 24.2. The number of amides is 1. The van der Waals surface area contributed by atoms with E-state index < -0.39 is 5.60 Å². The predicted molar refractivity (Wildman–Crippen MR) is 78.9 cm³/mol. The van der Waals surface area contributed by atoms with Crippen LogP contribution in [0, 0.1) is 5.92 Å². The number of likely N-dealkylation sites (tertiary alicyclic amines) is 1. The average molecular weight is 289 g/mol. The third-order valence-electron chi connectivity index (χ3n) is 4.64. The number of carbonyl (C=O) groups excluding carboxylic acids is 1. The molecule has 1 N–H and O–H groups in total. The lowest BCUT2D eigenvalue weighted by atomic mass is 9.90. The van der Waals surface area contributed by atoms with Crippen LogP contribution in [0.4, 0.5) is 0 Å². The van der Waals surface area contributed by atoms with Gasteiger partial charge >= 0.3 is 0 Å². The Bertz CT molecular complexity index is 540. The molecule has 1 saturated heterocycles. The van der Waals surface area contributed by atoms with Gasteiger partial charge in [-0.15, -0.1) is 0 Å². The molecule has 3 rings (SSSR count). The van der Waals surface area contributed by atoms with Gasteiger partial charge < -0.3 is 10.0 Å². The van der Waals surface area contributed by atoms with E-state index in [1.807, 2.05) is 18.7 Å². The summed E-state index contributed by atoms with van der Waals surface area (Å²) in [5.41, 5.74) is -0.0367. The maximum atomic E-state index is 12.6. The molecule has 1 unspecified atom stereocenters. The van der Waals surface area contributed by atoms with E-state index in [2.05, 4.69) is 9.97 Å². The van der Waals surface area contributed by atoms with Gasteiger partial charge in [0.15, 0.2) is 0 Å². The molecule has 21 heavy (non-hydrogen) atoms. The summed E-state index contributed by atoms with van der Waals surface area (Å²) in [5.74, 6) is 1.10. The Labute approximate surface area is 125 Å². The van der Waals surface area contributed by atoms with Crippen LogP contribution in [0.1, 0.15) is 61.8 Å². The van der Waals surface area contributed by atoms with Crippen LogP contribution in [0.5, 0.6) is 0 Å². The third kappa shape index (κ3) is 2.93. The van der Waals surface area contributed by atoms with Crippen molar-refractivity contribution in [3.05, 3.63) is 23.8 Å². The fourth-order valence-electron chi connectivity index (χ4n) is 3.07. The van der Waals surface area contributed by atoms with E-state index >= 15 is 0 Å². The smallest absolute Gasteiger partial charge is 0.272 e. The minimum atomic E-state index is -0.506. The standard InChI is InChI=1S/C16H23N3O2/c1-11(2)14-17-8-5-13(18-14)15(20)19-9-3-4-12(10-19)16(21)6-7-16/h5,8,11-12,21H,3-4,6-7,9-10H2,1-2H3. The highest BCUT2D eigenvalue weighted by Gasteiger charge is 2.49. The topological polar surface area (TPSA) is 66.3 Å². The van der Waals surface area contributed by atoms with Crippen molar-refractivity contribution in [3.63, 3.8) is 0 Å². The number of rotatable bonds is 3. The van der Waals surface area contributed by atoms with Crippen molar-refractivity contribution in [1.82, 2.24) is 14.9 Å². The van der Waals surface area contributed by atoms with Gasteiger partial charge in [-0.05, 0) is 31.7 Å². The molecule has 0 bridgehead atoms. The van der Waals surface area contributed by atoms with Gasteiger partial charge in [-0.2, -0.15) is 0 Å². The van der Waals surface area contributed by atoms with Gasteiger partial charge in [0.05, 0.1) is 5.60 Å². The number of aromatic nitrogens is 2. The van der Waals surface area contributed by atoms with E-state index in [0.29, 0.717) is 18.1 Å². The summed E-state index contributed by atoms with van der Waals surface area (Å²) < 4.78 is 0. The highest BCUT2D eigenvalue weighted by molar-refractivity contribution is 5.92. The zero-order valence-corrected chi connectivity index (χ0v) is 12.7. The van der Waals surface area contributed by atoms with Gasteiger partial charge in [0.1, 0.15) is 11.5 Å². The second-order valence-corrected chi connectivity index (χ2v) is 6.65. The van der Waals surface area contributed by atoms with Crippen molar-refractivity contribution < 1.29 is 9.90 Å². The molecule has 0 aromatic carbocycles. The molecule has 1 aliphatic heterocycles. The van der Waals surface area contributed by atoms with E-state index in [1.165, 1.54) is 0 Å². The lowest BCUT2D eigenvalue weighted by Crippen LogP contribution is -2.44. The first-order valence-electron chi connectivity index (χ1n) is 7.84. The minimum Gasteiger partial charge on any atom is -0.390 e. The number of carbonyl (C=O) groups is 1. The predicted octanol–water partition coefficient (Wildman–Crippen LogP) is 1.98. The minimum absolute atomic E-state index is 0.0340. The first kappa shape index (κ1) is 14.4. The van der Waals surface area contributed by atoms with E-state index in [0.717, 1.165) is 32.2 Å². The molecular weight excluding hydrogens is 266 g/mol. The number of hydrogen-bond donors (Lipinski definition) is 1. The Hall–Kier alpha value is -1.49. The number of nitrogens with zero attached hydrogens (tertiary/aromatic N) is 3. The van der Waals surface area contributed by atoms with Gasteiger partial charge in [-0.1, -0.05) is 13.8 Å². The maximum Gasteiger partial charge on any atom is 0.272 e. The van der Waals surface area contributed by atoms with Crippen LogP contribution in [0.2, 0.25) is 0 Å². The van der Waals surface area contributed by atoms with Crippen LogP contribution in [0.3, 0.4) is 0 Å². The van der Waals surface area contributed by atoms with E-state index in [4.69, 9.17) is 0 Å². The highest BCUT2D eigenvalue weighted by Crippen LogP contribution is 2.45. The molecule has 5 nitrogen and oxygen atoms in total. The maximum absolute atomic E-state index is 12.6. The second kappa shape index (κ2) is 5.37. The van der Waals surface area contributed by atoms with Gasteiger partial charge in [0.2, 0.25) is 0 Å². The number of hydrogen-bond acceptors (Lipinski definition) is 4. The third-order valence-corrected chi connectivity index (χ3v) is 4.64. The molecule has 5 heteroatoms. The summed E-state index contributed by atoms with van der Waals surface area (Å²) in [6, 6.07) is 1.68. The first-order valence-corrected chi connectivity index (χ1v) is 7.84. The molecule has 1 aromatic heterocycles. The largest absolute Gasteiger partial charge is 0.390 e. The van der Waals surface area contributed by atoms with Crippen molar-refractivity contribution in [3.8, 4) is 0 Å². The Morgan fingerprint density at radius 1 is 1.48 bits per heavy atom. The lowest BCUT2D eigenvalue weighted by molar-refractivity contribution is 0.0279. The SMILES string of the molecule is CC(C)c1nccc(C(=O)N2CCCC(C3(O)CC3)C2)n1. The Morgan fingerprint density at radius 3 is 2.90 bits per heavy atom. The lowest BCUT2D eigenvalue weighted by Gasteiger charge is -2.35. The Kier molecular flexibility index (Phi) is 3.69. The summed E-state index contributed by atoms with van der Waals surface area (Å²) in [7, 11) is 0. The van der Waals surface area contributed by atoms with Gasteiger partial charge in [-0.25, -0.2) is 9.97 Å². The quantitative estimate of drug-likeness (QED) is 0.924. The Balaban J connectivity index is 1.73. The van der Waals surface area contributed by atoms with Crippen molar-refractivity contribution in [2.75, 3.05) is 13.1 Å². The van der Waals surface area contributed by atoms with Crippen LogP contribution < -0.4 is 0 Å². The highest BCUT2D eigenvalue weighted by atomic mass is 16.3. The Morgan fingerprint density at radius 2 is 2.24 bits per heavy atom. The number of aliphatic hydroxyl groups is 1. The molecule has 2 aliphatic rings. The van der Waals surface area contributed by atoms with Crippen LogP contribution in [0.25, 0.3) is 0 Å². The van der Waals surface area contributed by atoms with Crippen LogP contribution in [-0.4, -0.2) is 44.6 Å². The molecule has 114 valence electrons. The summed E-state index contributed by atoms with van der Waals surface area (Å²) >= 11 is 0. The summed E-state index contributed by atoms with van der Waals surface area (Å²) in [5, 5.41) is 10.3. The molecular formula is C16H23N3O2. The molecule has 0 spiro atoms. The van der Waals surface area contributed by atoms with Crippen LogP contribution >= 0.6 is 0 Å². The molecule has 0 radical (unpaired) electrons. The molecule has 2 heterocycles. The molecule has 2 fully saturated rings.